The van der Waals surface area contributed by atoms with Gasteiger partial charge in [-0.15, -0.1) is 0 Å². The molecule has 2 heteroatoms. The molecule has 0 bridgehead atoms. The van der Waals surface area contributed by atoms with E-state index in [4.69, 9.17) is 0 Å². The van der Waals surface area contributed by atoms with Gasteiger partial charge in [0.1, 0.15) is 11.5 Å². The van der Waals surface area contributed by atoms with Crippen LogP contribution in [0.1, 0.15) is 114 Å². The highest BCUT2D eigenvalue weighted by molar-refractivity contribution is 5.55. The van der Waals surface area contributed by atoms with Gasteiger partial charge in [-0.3, -0.25) is 0 Å². The van der Waals surface area contributed by atoms with E-state index in [-0.39, 0.29) is 16.2 Å². The molecule has 0 atom stereocenters. The molecule has 2 nitrogen and oxygen atoms in total. The zero-order valence-electron chi connectivity index (χ0n) is 21.5. The highest BCUT2D eigenvalue weighted by Crippen LogP contribution is 2.46. The van der Waals surface area contributed by atoms with E-state index in [1.165, 1.54) is 24.0 Å². The zero-order chi connectivity index (χ0) is 23.8. The molecule has 0 amide bonds. The van der Waals surface area contributed by atoms with Gasteiger partial charge in [-0.05, 0) is 76.6 Å². The Bertz CT molecular complexity index is 854. The van der Waals surface area contributed by atoms with Gasteiger partial charge in [0, 0.05) is 5.41 Å². The van der Waals surface area contributed by atoms with Crippen molar-refractivity contribution in [3.05, 3.63) is 57.6 Å². The van der Waals surface area contributed by atoms with Crippen LogP contribution in [0.15, 0.2) is 24.3 Å². The molecule has 0 radical (unpaired) electrons. The van der Waals surface area contributed by atoms with Gasteiger partial charge < -0.3 is 10.2 Å². The Morgan fingerprint density at radius 3 is 1.32 bits per heavy atom. The third-order valence-electron chi connectivity index (χ3n) is 6.77. The highest BCUT2D eigenvalue weighted by Gasteiger charge is 2.35. The number of phenols is 2. The smallest absolute Gasteiger partial charge is 0.119 e. The van der Waals surface area contributed by atoms with E-state index >= 15 is 0 Å². The second kappa shape index (κ2) is 8.88. The van der Waals surface area contributed by atoms with Crippen molar-refractivity contribution in [1.29, 1.82) is 0 Å². The van der Waals surface area contributed by atoms with Crippen LogP contribution < -0.4 is 0 Å². The molecule has 0 aliphatic heterocycles. The molecule has 31 heavy (non-hydrogen) atoms. The minimum atomic E-state index is -0.204. The van der Waals surface area contributed by atoms with E-state index in [0.29, 0.717) is 11.5 Å². The van der Waals surface area contributed by atoms with Crippen LogP contribution in [0.3, 0.4) is 0 Å². The van der Waals surface area contributed by atoms with E-state index in [9.17, 15) is 10.2 Å². The van der Waals surface area contributed by atoms with Crippen LogP contribution in [0.2, 0.25) is 0 Å². The van der Waals surface area contributed by atoms with Crippen LogP contribution in [-0.2, 0) is 16.2 Å². The maximum atomic E-state index is 10.7. The number of benzene rings is 2. The molecule has 2 N–H and O–H groups in total. The predicted octanol–water partition coefficient (Wildman–Crippen LogP) is 8.20. The topological polar surface area (TPSA) is 40.5 Å². The summed E-state index contributed by atoms with van der Waals surface area (Å²) in [7, 11) is 0. The molecule has 2 rings (SSSR count). The lowest BCUT2D eigenvalue weighted by atomic mass is 9.67. The molecule has 2 aromatic rings. The Labute approximate surface area is 190 Å². The van der Waals surface area contributed by atoms with Crippen LogP contribution in [0.5, 0.6) is 11.5 Å². The van der Waals surface area contributed by atoms with E-state index in [0.717, 1.165) is 35.1 Å². The van der Waals surface area contributed by atoms with Gasteiger partial charge in [0.05, 0.1) is 0 Å². The normalized spacial score (nSPS) is 13.0. The first kappa shape index (κ1) is 25.3. The first-order valence-electron chi connectivity index (χ1n) is 11.8. The van der Waals surface area contributed by atoms with Gasteiger partial charge in [0.15, 0.2) is 0 Å². The summed E-state index contributed by atoms with van der Waals surface area (Å²) in [5, 5.41) is 21.4. The molecule has 0 saturated carbocycles. The lowest BCUT2D eigenvalue weighted by molar-refractivity contribution is 0.435. The van der Waals surface area contributed by atoms with Gasteiger partial charge in [-0.2, -0.15) is 0 Å². The van der Waals surface area contributed by atoms with Gasteiger partial charge in [-0.1, -0.05) is 86.8 Å². The van der Waals surface area contributed by atoms with Crippen molar-refractivity contribution in [2.75, 3.05) is 0 Å². The molecule has 0 aliphatic carbocycles. The molecule has 172 valence electrons. The maximum Gasteiger partial charge on any atom is 0.119 e. The Hall–Kier alpha value is -1.96. The lowest BCUT2D eigenvalue weighted by Crippen LogP contribution is -2.28. The Kier molecular flexibility index (Phi) is 7.25. The van der Waals surface area contributed by atoms with Crippen LogP contribution >= 0.6 is 0 Å². The lowest BCUT2D eigenvalue weighted by Gasteiger charge is -2.37. The fourth-order valence-electron chi connectivity index (χ4n) is 4.92. The quantitative estimate of drug-likeness (QED) is 0.459. The summed E-state index contributed by atoms with van der Waals surface area (Å²) < 4.78 is 0. The van der Waals surface area contributed by atoms with Crippen molar-refractivity contribution >= 4 is 0 Å². The van der Waals surface area contributed by atoms with Gasteiger partial charge in [0.25, 0.3) is 0 Å². The summed E-state index contributed by atoms with van der Waals surface area (Å²) in [6.45, 7) is 21.7. The monoisotopic (exact) mass is 424 g/mol. The molecule has 0 unspecified atom stereocenters. The Morgan fingerprint density at radius 1 is 0.613 bits per heavy atom. The van der Waals surface area contributed by atoms with Gasteiger partial charge in [0.2, 0.25) is 0 Å². The van der Waals surface area contributed by atoms with E-state index in [1.54, 1.807) is 0 Å². The van der Waals surface area contributed by atoms with E-state index in [1.807, 2.05) is 12.1 Å². The number of unbranched alkanes of at least 4 members (excludes halogenated alkanes) is 2. The van der Waals surface area contributed by atoms with Gasteiger partial charge in [-0.25, -0.2) is 0 Å². The summed E-state index contributed by atoms with van der Waals surface area (Å²) in [5.41, 5.74) is 6.28. The third-order valence-corrected chi connectivity index (χ3v) is 6.77. The van der Waals surface area contributed by atoms with Crippen LogP contribution in [0, 0.1) is 13.8 Å². The molecule has 0 fully saturated rings. The maximum absolute atomic E-state index is 10.7. The van der Waals surface area contributed by atoms with Crippen molar-refractivity contribution in [2.45, 2.75) is 111 Å². The molecule has 0 spiro atoms. The fraction of sp³-hybridized carbons (Fsp3) is 0.586. The van der Waals surface area contributed by atoms with Crippen molar-refractivity contribution in [2.24, 2.45) is 0 Å². The fourth-order valence-corrected chi connectivity index (χ4v) is 4.92. The largest absolute Gasteiger partial charge is 0.508 e. The van der Waals surface area contributed by atoms with Crippen LogP contribution in [-0.4, -0.2) is 10.2 Å². The number of hydrogen-bond acceptors (Lipinski definition) is 2. The predicted molar refractivity (Wildman–Crippen MR) is 134 cm³/mol. The average molecular weight is 425 g/mol. The summed E-state index contributed by atoms with van der Waals surface area (Å²) in [4.78, 5) is 0. The SMILES string of the molecule is CCCCCC(C)(c1cc(C(C)(C)C)c(O)cc1C)c1cc(C(C)(C)C)c(O)cc1C. The number of aromatic hydroxyl groups is 2. The molecule has 0 saturated heterocycles. The third kappa shape index (κ3) is 5.27. The molecule has 0 heterocycles. The summed E-state index contributed by atoms with van der Waals surface area (Å²) in [6, 6.07) is 8.35. The summed E-state index contributed by atoms with van der Waals surface area (Å²) in [5.74, 6) is 0.755. The Morgan fingerprint density at radius 2 is 1.00 bits per heavy atom. The molecular formula is C29H44O2. The van der Waals surface area contributed by atoms with Crippen molar-refractivity contribution < 1.29 is 10.2 Å². The number of phenolic OH excluding ortho intramolecular Hbond substituents is 2. The first-order valence-corrected chi connectivity index (χ1v) is 11.8. The minimum absolute atomic E-state index is 0.141. The molecular weight excluding hydrogens is 380 g/mol. The van der Waals surface area contributed by atoms with Gasteiger partial charge >= 0.3 is 0 Å². The van der Waals surface area contributed by atoms with Crippen molar-refractivity contribution in [3.63, 3.8) is 0 Å². The minimum Gasteiger partial charge on any atom is -0.508 e. The molecule has 0 aliphatic rings. The highest BCUT2D eigenvalue weighted by atomic mass is 16.3. The zero-order valence-corrected chi connectivity index (χ0v) is 21.5. The number of hydrogen-bond donors (Lipinski definition) is 2. The van der Waals surface area contributed by atoms with Crippen LogP contribution in [0.25, 0.3) is 0 Å². The van der Waals surface area contributed by atoms with E-state index < -0.39 is 0 Å². The molecule has 2 aromatic carbocycles. The molecule has 0 aromatic heterocycles. The number of aryl methyl sites for hydroxylation is 2. The second-order valence-electron chi connectivity index (χ2n) is 11.7. The van der Waals surface area contributed by atoms with Crippen molar-refractivity contribution in [3.8, 4) is 11.5 Å². The van der Waals surface area contributed by atoms with Crippen molar-refractivity contribution in [1.82, 2.24) is 0 Å². The van der Waals surface area contributed by atoms with E-state index in [2.05, 4.69) is 81.4 Å². The summed E-state index contributed by atoms with van der Waals surface area (Å²) in [6.07, 6.45) is 4.55. The Balaban J connectivity index is 2.84. The average Bonchev–Trinajstić information content (AvgIpc) is 2.59. The van der Waals surface area contributed by atoms with Crippen LogP contribution in [0.4, 0.5) is 0 Å². The summed E-state index contributed by atoms with van der Waals surface area (Å²) >= 11 is 0. The number of rotatable bonds is 6. The standard InChI is InChI=1S/C29H44O2/c1-11-12-13-14-29(10,21-17-23(27(4,5)6)25(30)15-19(21)2)22-18-24(28(7,8)9)26(31)16-20(22)3/h15-18,30-31H,11-14H2,1-10H3. The first-order chi connectivity index (χ1) is 14.1. The second-order valence-corrected chi connectivity index (χ2v) is 11.7.